The Morgan fingerprint density at radius 1 is 1.52 bits per heavy atom. The van der Waals surface area contributed by atoms with Gasteiger partial charge in [0.05, 0.1) is 12.7 Å². The molecule has 1 fully saturated rings. The summed E-state index contributed by atoms with van der Waals surface area (Å²) in [5, 5.41) is 10.2. The van der Waals surface area contributed by atoms with Crippen LogP contribution in [0.25, 0.3) is 0 Å². The average molecular weight is 292 g/mol. The van der Waals surface area contributed by atoms with Crippen LogP contribution in [0.4, 0.5) is 0 Å². The van der Waals surface area contributed by atoms with E-state index in [0.29, 0.717) is 24.4 Å². The highest BCUT2D eigenvalue weighted by Gasteiger charge is 2.49. The van der Waals surface area contributed by atoms with Crippen LogP contribution in [0.15, 0.2) is 24.3 Å². The normalized spacial score (nSPS) is 36.7. The molecule has 0 aromatic carbocycles. The third-order valence-electron chi connectivity index (χ3n) is 5.34. The molecular formula is C18H28O3. The first-order valence-electron chi connectivity index (χ1n) is 8.18. The molecule has 1 saturated carbocycles. The van der Waals surface area contributed by atoms with Gasteiger partial charge in [0.25, 0.3) is 0 Å². The van der Waals surface area contributed by atoms with Gasteiger partial charge in [-0.2, -0.15) is 0 Å². The summed E-state index contributed by atoms with van der Waals surface area (Å²) in [7, 11) is 0. The molecule has 1 N–H and O–H groups in total. The van der Waals surface area contributed by atoms with Gasteiger partial charge in [0.15, 0.2) is 0 Å². The van der Waals surface area contributed by atoms with E-state index in [9.17, 15) is 9.90 Å². The fourth-order valence-corrected chi connectivity index (χ4v) is 4.23. The summed E-state index contributed by atoms with van der Waals surface area (Å²) in [4.78, 5) is 11.3. The molecule has 0 aromatic heterocycles. The van der Waals surface area contributed by atoms with Gasteiger partial charge in [0.2, 0.25) is 0 Å². The Hall–Kier alpha value is -1.09. The predicted octanol–water partition coefficient (Wildman–Crippen LogP) is 3.49. The lowest BCUT2D eigenvalue weighted by molar-refractivity contribution is -0.137. The maximum absolute atomic E-state index is 11.3. The zero-order valence-corrected chi connectivity index (χ0v) is 13.4. The zero-order chi connectivity index (χ0) is 15.5. The third kappa shape index (κ3) is 3.39. The summed E-state index contributed by atoms with van der Waals surface area (Å²) >= 11 is 0. The summed E-state index contributed by atoms with van der Waals surface area (Å²) in [6, 6.07) is 0. The Balaban J connectivity index is 1.95. The smallest absolute Gasteiger partial charge is 0.330 e. The van der Waals surface area contributed by atoms with Crippen LogP contribution in [-0.4, -0.2) is 23.8 Å². The highest BCUT2D eigenvalue weighted by Crippen LogP contribution is 2.54. The topological polar surface area (TPSA) is 46.5 Å². The van der Waals surface area contributed by atoms with Gasteiger partial charge in [-0.1, -0.05) is 38.5 Å². The van der Waals surface area contributed by atoms with Crippen molar-refractivity contribution in [2.24, 2.45) is 23.2 Å². The van der Waals surface area contributed by atoms with Gasteiger partial charge < -0.3 is 9.84 Å². The Kier molecular flexibility index (Phi) is 5.26. The maximum atomic E-state index is 11.3. The minimum Gasteiger partial charge on any atom is -0.463 e. The fraction of sp³-hybridized carbons (Fsp3) is 0.722. The molecule has 118 valence electrons. The van der Waals surface area contributed by atoms with Crippen molar-refractivity contribution in [3.05, 3.63) is 24.3 Å². The van der Waals surface area contributed by atoms with Crippen molar-refractivity contribution in [3.8, 4) is 0 Å². The van der Waals surface area contributed by atoms with Crippen LogP contribution in [0.1, 0.15) is 46.5 Å². The second-order valence-electron chi connectivity index (χ2n) is 6.77. The van der Waals surface area contributed by atoms with Crippen LogP contribution in [0.3, 0.4) is 0 Å². The molecule has 21 heavy (non-hydrogen) atoms. The summed E-state index contributed by atoms with van der Waals surface area (Å²) in [5.74, 6) is 0.980. The minimum absolute atomic E-state index is 0.175. The third-order valence-corrected chi connectivity index (χ3v) is 5.34. The van der Waals surface area contributed by atoms with Crippen molar-refractivity contribution in [2.45, 2.75) is 52.6 Å². The van der Waals surface area contributed by atoms with Crippen molar-refractivity contribution >= 4 is 5.97 Å². The number of aliphatic hydroxyl groups excluding tert-OH is 1. The van der Waals surface area contributed by atoms with Gasteiger partial charge in [-0.15, -0.1) is 0 Å². The van der Waals surface area contributed by atoms with Crippen LogP contribution in [0, 0.1) is 23.2 Å². The Morgan fingerprint density at radius 3 is 3.00 bits per heavy atom. The summed E-state index contributed by atoms with van der Waals surface area (Å²) in [6.45, 7) is 6.78. The first kappa shape index (κ1) is 16.3. The second-order valence-corrected chi connectivity index (χ2v) is 6.77. The summed E-state index contributed by atoms with van der Waals surface area (Å²) < 4.78 is 4.90. The fourth-order valence-electron chi connectivity index (χ4n) is 4.23. The van der Waals surface area contributed by atoms with E-state index in [1.54, 1.807) is 0 Å². The lowest BCUT2D eigenvalue weighted by atomic mass is 9.61. The van der Waals surface area contributed by atoms with Gasteiger partial charge in [-0.3, -0.25) is 0 Å². The molecule has 5 unspecified atom stereocenters. The first-order chi connectivity index (χ1) is 9.99. The second kappa shape index (κ2) is 6.78. The van der Waals surface area contributed by atoms with E-state index >= 15 is 0 Å². The van der Waals surface area contributed by atoms with E-state index in [0.717, 1.165) is 19.3 Å². The van der Waals surface area contributed by atoms with E-state index in [1.807, 2.05) is 13.0 Å². The molecule has 0 spiro atoms. The van der Waals surface area contributed by atoms with E-state index < -0.39 is 0 Å². The molecule has 0 aliphatic heterocycles. The van der Waals surface area contributed by atoms with Gasteiger partial charge >= 0.3 is 5.97 Å². The standard InChI is InChI=1S/C18H28O3/c1-4-21-17(20)9-5-7-13(2)14-10-11-15-16(19)8-6-12-18(14,15)3/h5,9-11,13-16,19H,4,6-8,12H2,1-3H3. The predicted molar refractivity (Wildman–Crippen MR) is 83.6 cm³/mol. The summed E-state index contributed by atoms with van der Waals surface area (Å²) in [5.41, 5.74) is 0.175. The van der Waals surface area contributed by atoms with Gasteiger partial charge in [-0.25, -0.2) is 4.79 Å². The number of esters is 1. The van der Waals surface area contributed by atoms with Crippen molar-refractivity contribution in [1.29, 1.82) is 0 Å². The highest BCUT2D eigenvalue weighted by atomic mass is 16.5. The van der Waals surface area contributed by atoms with Crippen molar-refractivity contribution in [2.75, 3.05) is 6.61 Å². The molecule has 2 rings (SSSR count). The molecule has 0 saturated heterocycles. The lowest BCUT2D eigenvalue weighted by Crippen LogP contribution is -2.42. The summed E-state index contributed by atoms with van der Waals surface area (Å²) in [6.07, 6.45) is 11.9. The number of allylic oxidation sites excluding steroid dienone is 2. The van der Waals surface area contributed by atoms with E-state index in [2.05, 4.69) is 26.0 Å². The Bertz CT molecular complexity index is 426. The van der Waals surface area contributed by atoms with Gasteiger partial charge in [-0.05, 0) is 43.4 Å². The van der Waals surface area contributed by atoms with Crippen molar-refractivity contribution < 1.29 is 14.6 Å². The van der Waals surface area contributed by atoms with Crippen LogP contribution >= 0.6 is 0 Å². The molecule has 0 bridgehead atoms. The number of hydrogen-bond donors (Lipinski definition) is 1. The van der Waals surface area contributed by atoms with Crippen molar-refractivity contribution in [1.82, 2.24) is 0 Å². The molecule has 0 heterocycles. The molecular weight excluding hydrogens is 264 g/mol. The number of hydrogen-bond acceptors (Lipinski definition) is 3. The number of ether oxygens (including phenoxy) is 1. The van der Waals surface area contributed by atoms with Crippen LogP contribution in [0.5, 0.6) is 0 Å². The number of rotatable bonds is 5. The Morgan fingerprint density at radius 2 is 2.29 bits per heavy atom. The number of aliphatic hydroxyl groups is 1. The van der Waals surface area contributed by atoms with E-state index in [4.69, 9.17) is 4.74 Å². The van der Waals surface area contributed by atoms with Crippen LogP contribution in [-0.2, 0) is 9.53 Å². The number of fused-ring (bicyclic) bond motifs is 1. The average Bonchev–Trinajstić information content (AvgIpc) is 2.77. The molecule has 2 aliphatic carbocycles. The molecule has 3 nitrogen and oxygen atoms in total. The molecule has 0 amide bonds. The van der Waals surface area contributed by atoms with Crippen LogP contribution in [0.2, 0.25) is 0 Å². The van der Waals surface area contributed by atoms with Crippen LogP contribution < -0.4 is 0 Å². The lowest BCUT2D eigenvalue weighted by Gasteiger charge is -2.45. The molecule has 0 aromatic rings. The molecule has 0 radical (unpaired) electrons. The molecule has 3 heteroatoms. The SMILES string of the molecule is CCOC(=O)C=CCC(C)C1C=CC2C(O)CCCC12C. The largest absolute Gasteiger partial charge is 0.463 e. The highest BCUT2D eigenvalue weighted by molar-refractivity contribution is 5.81. The number of carbonyl (C=O) groups is 1. The minimum atomic E-state index is -0.260. The zero-order valence-electron chi connectivity index (χ0n) is 13.4. The number of carbonyl (C=O) groups excluding carboxylic acids is 1. The quantitative estimate of drug-likeness (QED) is 0.479. The molecule has 5 atom stereocenters. The molecule has 2 aliphatic rings. The van der Waals surface area contributed by atoms with E-state index in [1.165, 1.54) is 12.5 Å². The van der Waals surface area contributed by atoms with Crippen molar-refractivity contribution in [3.63, 3.8) is 0 Å². The van der Waals surface area contributed by atoms with Gasteiger partial charge in [0.1, 0.15) is 0 Å². The first-order valence-corrected chi connectivity index (χ1v) is 8.18. The Labute approximate surface area is 128 Å². The van der Waals surface area contributed by atoms with Gasteiger partial charge in [0, 0.05) is 12.0 Å². The van der Waals surface area contributed by atoms with E-state index in [-0.39, 0.29) is 17.5 Å². The maximum Gasteiger partial charge on any atom is 0.330 e. The monoisotopic (exact) mass is 292 g/mol.